The summed E-state index contributed by atoms with van der Waals surface area (Å²) in [5.41, 5.74) is 0. The van der Waals surface area contributed by atoms with Crippen LogP contribution in [0.25, 0.3) is 0 Å². The van der Waals surface area contributed by atoms with Crippen LogP contribution in [0.15, 0.2) is 0 Å². The average Bonchev–Trinajstić information content (AvgIpc) is 1.99. The third-order valence-corrected chi connectivity index (χ3v) is 2.72. The number of rotatable bonds is 5. The van der Waals surface area contributed by atoms with Gasteiger partial charge >= 0.3 is 0 Å². The first kappa shape index (κ1) is 9.96. The molecule has 1 N–H and O–H groups in total. The first-order chi connectivity index (χ1) is 5.77. The van der Waals surface area contributed by atoms with Crippen molar-refractivity contribution in [3.63, 3.8) is 0 Å². The van der Waals surface area contributed by atoms with E-state index in [2.05, 4.69) is 29.1 Å². The fourth-order valence-corrected chi connectivity index (χ4v) is 1.55. The molecule has 1 heterocycles. The van der Waals surface area contributed by atoms with Crippen LogP contribution < -0.4 is 5.32 Å². The van der Waals surface area contributed by atoms with E-state index in [1.165, 1.54) is 26.2 Å². The Morgan fingerprint density at radius 2 is 2.17 bits per heavy atom. The Hall–Kier alpha value is -0.120. The molecule has 1 fully saturated rings. The smallest absolute Gasteiger partial charge is 0.0347 e. The summed E-state index contributed by atoms with van der Waals surface area (Å²) in [6.45, 7) is 8.21. The van der Waals surface area contributed by atoms with E-state index >= 15 is 0 Å². The maximum Gasteiger partial charge on any atom is 0.0347 e. The van der Waals surface area contributed by atoms with Crippen molar-refractivity contribution in [2.45, 2.75) is 13.0 Å². The Balaban J connectivity index is 2.06. The lowest BCUT2D eigenvalue weighted by molar-refractivity contribution is 0.0547. The first-order valence-electron chi connectivity index (χ1n) is 4.85. The lowest BCUT2D eigenvalue weighted by atomic mass is 10.1. The zero-order valence-corrected chi connectivity index (χ0v) is 8.51. The van der Waals surface area contributed by atoms with Gasteiger partial charge in [0, 0.05) is 32.2 Å². The normalized spacial score (nSPS) is 20.0. The molecule has 3 nitrogen and oxygen atoms in total. The third kappa shape index (κ3) is 2.44. The second-order valence-electron chi connectivity index (χ2n) is 3.59. The number of hydrogen-bond donors (Lipinski definition) is 1. The number of hydrogen-bond acceptors (Lipinski definition) is 3. The summed E-state index contributed by atoms with van der Waals surface area (Å²) < 4.78 is 0. The topological polar surface area (TPSA) is 18.5 Å². The Labute approximate surface area is 75.7 Å². The molecule has 0 unspecified atom stereocenters. The van der Waals surface area contributed by atoms with Crippen molar-refractivity contribution >= 4 is 0 Å². The second kappa shape index (κ2) is 4.80. The number of likely N-dealkylation sites (N-methyl/N-ethyl adjacent to an activating group) is 3. The summed E-state index contributed by atoms with van der Waals surface area (Å²) in [7, 11) is 4.22. The fourth-order valence-electron chi connectivity index (χ4n) is 1.55. The SMILES string of the molecule is CCN1CC(N(C)CCNC)C1. The maximum atomic E-state index is 3.17. The molecule has 0 aliphatic carbocycles. The summed E-state index contributed by atoms with van der Waals surface area (Å²) in [6, 6.07) is 0.804. The van der Waals surface area contributed by atoms with Gasteiger partial charge in [-0.1, -0.05) is 6.92 Å². The van der Waals surface area contributed by atoms with Gasteiger partial charge < -0.3 is 10.2 Å². The minimum atomic E-state index is 0.804. The van der Waals surface area contributed by atoms with Gasteiger partial charge in [-0.2, -0.15) is 0 Å². The second-order valence-corrected chi connectivity index (χ2v) is 3.59. The zero-order valence-electron chi connectivity index (χ0n) is 8.51. The molecular formula is C9H21N3. The van der Waals surface area contributed by atoms with E-state index in [1.807, 2.05) is 7.05 Å². The molecule has 0 amide bonds. The highest BCUT2D eigenvalue weighted by atomic mass is 15.3. The molecule has 0 aromatic heterocycles. The van der Waals surface area contributed by atoms with Gasteiger partial charge in [0.15, 0.2) is 0 Å². The van der Waals surface area contributed by atoms with Crippen molar-refractivity contribution in [2.75, 3.05) is 46.8 Å². The summed E-state index contributed by atoms with van der Waals surface area (Å²) in [5, 5.41) is 3.17. The molecule has 0 bridgehead atoms. The Morgan fingerprint density at radius 3 is 2.67 bits per heavy atom. The van der Waals surface area contributed by atoms with E-state index in [1.54, 1.807) is 0 Å². The summed E-state index contributed by atoms with van der Waals surface area (Å²) in [5.74, 6) is 0. The van der Waals surface area contributed by atoms with Crippen LogP contribution in [-0.2, 0) is 0 Å². The highest BCUT2D eigenvalue weighted by molar-refractivity contribution is 4.85. The van der Waals surface area contributed by atoms with Gasteiger partial charge in [0.2, 0.25) is 0 Å². The standard InChI is InChI=1S/C9H21N3/c1-4-12-7-9(8-12)11(3)6-5-10-2/h9-10H,4-8H2,1-3H3. The Bertz CT molecular complexity index is 118. The number of likely N-dealkylation sites (tertiary alicyclic amines) is 1. The highest BCUT2D eigenvalue weighted by Crippen LogP contribution is 2.11. The van der Waals surface area contributed by atoms with Crippen molar-refractivity contribution in [2.24, 2.45) is 0 Å². The lowest BCUT2D eigenvalue weighted by Crippen LogP contribution is -2.58. The van der Waals surface area contributed by atoms with Crippen molar-refractivity contribution < 1.29 is 0 Å². The Morgan fingerprint density at radius 1 is 1.50 bits per heavy atom. The van der Waals surface area contributed by atoms with Gasteiger partial charge in [-0.15, -0.1) is 0 Å². The number of nitrogens with one attached hydrogen (secondary N) is 1. The summed E-state index contributed by atoms with van der Waals surface area (Å²) >= 11 is 0. The number of nitrogens with zero attached hydrogens (tertiary/aromatic N) is 2. The van der Waals surface area contributed by atoms with Crippen LogP contribution in [0.3, 0.4) is 0 Å². The van der Waals surface area contributed by atoms with Gasteiger partial charge in [-0.3, -0.25) is 4.90 Å². The van der Waals surface area contributed by atoms with Gasteiger partial charge in [0.05, 0.1) is 0 Å². The average molecular weight is 171 g/mol. The van der Waals surface area contributed by atoms with Crippen LogP contribution in [0, 0.1) is 0 Å². The molecule has 0 atom stereocenters. The van der Waals surface area contributed by atoms with Crippen LogP contribution >= 0.6 is 0 Å². The van der Waals surface area contributed by atoms with Crippen LogP contribution in [0.1, 0.15) is 6.92 Å². The molecule has 3 heteroatoms. The van der Waals surface area contributed by atoms with E-state index in [0.29, 0.717) is 0 Å². The van der Waals surface area contributed by atoms with E-state index in [-0.39, 0.29) is 0 Å². The molecule has 0 aromatic carbocycles. The fraction of sp³-hybridized carbons (Fsp3) is 1.00. The minimum absolute atomic E-state index is 0.804. The predicted molar refractivity (Wildman–Crippen MR) is 52.5 cm³/mol. The maximum absolute atomic E-state index is 3.17. The first-order valence-corrected chi connectivity index (χ1v) is 4.85. The molecule has 0 aromatic rings. The van der Waals surface area contributed by atoms with Crippen molar-refractivity contribution in [1.82, 2.24) is 15.1 Å². The van der Waals surface area contributed by atoms with Gasteiger partial charge in [-0.25, -0.2) is 0 Å². The monoisotopic (exact) mass is 171 g/mol. The largest absolute Gasteiger partial charge is 0.318 e. The molecule has 1 rings (SSSR count). The molecule has 1 saturated heterocycles. The molecule has 1 aliphatic rings. The van der Waals surface area contributed by atoms with E-state index < -0.39 is 0 Å². The predicted octanol–water partition coefficient (Wildman–Crippen LogP) is -0.158. The molecule has 1 aliphatic heterocycles. The molecule has 0 spiro atoms. The van der Waals surface area contributed by atoms with Gasteiger partial charge in [0.1, 0.15) is 0 Å². The Kier molecular flexibility index (Phi) is 3.98. The van der Waals surface area contributed by atoms with Crippen molar-refractivity contribution in [1.29, 1.82) is 0 Å². The third-order valence-electron chi connectivity index (χ3n) is 2.72. The van der Waals surface area contributed by atoms with Crippen LogP contribution in [0.4, 0.5) is 0 Å². The van der Waals surface area contributed by atoms with Gasteiger partial charge in [-0.05, 0) is 20.6 Å². The molecule has 72 valence electrons. The molecule has 12 heavy (non-hydrogen) atoms. The summed E-state index contributed by atoms with van der Waals surface area (Å²) in [6.07, 6.45) is 0. The highest BCUT2D eigenvalue weighted by Gasteiger charge is 2.27. The van der Waals surface area contributed by atoms with Gasteiger partial charge in [0.25, 0.3) is 0 Å². The quantitative estimate of drug-likeness (QED) is 0.620. The van der Waals surface area contributed by atoms with Crippen molar-refractivity contribution in [3.05, 3.63) is 0 Å². The molecular weight excluding hydrogens is 150 g/mol. The van der Waals surface area contributed by atoms with E-state index in [0.717, 1.165) is 12.6 Å². The van der Waals surface area contributed by atoms with Crippen molar-refractivity contribution in [3.8, 4) is 0 Å². The van der Waals surface area contributed by atoms with Crippen LogP contribution in [0.5, 0.6) is 0 Å². The lowest BCUT2D eigenvalue weighted by Gasteiger charge is -2.43. The minimum Gasteiger partial charge on any atom is -0.318 e. The van der Waals surface area contributed by atoms with Crippen LogP contribution in [-0.4, -0.2) is 62.7 Å². The molecule has 0 saturated carbocycles. The molecule has 0 radical (unpaired) electrons. The zero-order chi connectivity index (χ0) is 8.97. The van der Waals surface area contributed by atoms with Crippen LogP contribution in [0.2, 0.25) is 0 Å². The van der Waals surface area contributed by atoms with E-state index in [4.69, 9.17) is 0 Å². The van der Waals surface area contributed by atoms with E-state index in [9.17, 15) is 0 Å². The summed E-state index contributed by atoms with van der Waals surface area (Å²) in [4.78, 5) is 4.92.